The lowest BCUT2D eigenvalue weighted by Gasteiger charge is -2.14. The quantitative estimate of drug-likeness (QED) is 0.768. The minimum atomic E-state index is -0.979. The summed E-state index contributed by atoms with van der Waals surface area (Å²) >= 11 is 1.91. The summed E-state index contributed by atoms with van der Waals surface area (Å²) < 4.78 is 5.18. The van der Waals surface area contributed by atoms with Crippen molar-refractivity contribution in [1.29, 1.82) is 0 Å². The molecule has 0 spiro atoms. The number of thioether (sulfide) groups is 1. The van der Waals surface area contributed by atoms with Crippen molar-refractivity contribution in [3.05, 3.63) is 0 Å². The Morgan fingerprint density at radius 2 is 2.06 bits per heavy atom. The van der Waals surface area contributed by atoms with Crippen molar-refractivity contribution in [3.63, 3.8) is 0 Å². The average molecular weight is 259 g/mol. The van der Waals surface area contributed by atoms with Crippen LogP contribution in [0.2, 0.25) is 0 Å². The summed E-state index contributed by atoms with van der Waals surface area (Å²) in [5.41, 5.74) is 0. The number of rotatable bonds is 4. The predicted octanol–water partition coefficient (Wildman–Crippen LogP) is 0.488. The van der Waals surface area contributed by atoms with Crippen LogP contribution in [0, 0.1) is 5.92 Å². The monoisotopic (exact) mass is 259 g/mol. The molecule has 0 aliphatic carbocycles. The van der Waals surface area contributed by atoms with Gasteiger partial charge in [-0.25, -0.2) is 4.79 Å². The topological polar surface area (TPSA) is 75.6 Å². The minimum Gasteiger partial charge on any atom is -0.479 e. The van der Waals surface area contributed by atoms with E-state index in [4.69, 9.17) is 9.84 Å². The van der Waals surface area contributed by atoms with Gasteiger partial charge in [0.1, 0.15) is 6.10 Å². The van der Waals surface area contributed by atoms with Crippen molar-refractivity contribution >= 4 is 23.6 Å². The van der Waals surface area contributed by atoms with Crippen LogP contribution in [0.15, 0.2) is 0 Å². The van der Waals surface area contributed by atoms with Gasteiger partial charge in [-0.05, 0) is 36.7 Å². The summed E-state index contributed by atoms with van der Waals surface area (Å²) in [5.74, 6) is 1.68. The number of aliphatic carboxylic acids is 1. The lowest BCUT2D eigenvalue weighted by atomic mass is 10.1. The highest BCUT2D eigenvalue weighted by atomic mass is 32.2. The molecule has 3 atom stereocenters. The zero-order chi connectivity index (χ0) is 12.3. The Bertz CT molecular complexity index is 304. The van der Waals surface area contributed by atoms with Gasteiger partial charge in [-0.1, -0.05) is 0 Å². The Balaban J connectivity index is 1.71. The first-order valence-electron chi connectivity index (χ1n) is 5.90. The smallest absolute Gasteiger partial charge is 0.332 e. The molecule has 0 radical (unpaired) electrons. The molecule has 2 heterocycles. The van der Waals surface area contributed by atoms with Gasteiger partial charge in [0.2, 0.25) is 5.91 Å². The molecule has 17 heavy (non-hydrogen) atoms. The zero-order valence-corrected chi connectivity index (χ0v) is 10.4. The van der Waals surface area contributed by atoms with Gasteiger partial charge in [-0.2, -0.15) is 11.8 Å². The third kappa shape index (κ3) is 3.35. The van der Waals surface area contributed by atoms with Gasteiger partial charge in [-0.15, -0.1) is 0 Å². The Morgan fingerprint density at radius 3 is 2.65 bits per heavy atom. The Labute approximate surface area is 104 Å². The molecule has 2 saturated heterocycles. The number of nitrogens with one attached hydrogen (secondary N) is 1. The number of carbonyl (C=O) groups excluding carboxylic acids is 1. The normalized spacial score (nSPS) is 32.6. The first-order chi connectivity index (χ1) is 8.16. The Morgan fingerprint density at radius 1 is 1.29 bits per heavy atom. The van der Waals surface area contributed by atoms with Crippen molar-refractivity contribution in [3.8, 4) is 0 Å². The van der Waals surface area contributed by atoms with E-state index < -0.39 is 18.2 Å². The first kappa shape index (κ1) is 12.7. The van der Waals surface area contributed by atoms with E-state index in [-0.39, 0.29) is 5.91 Å². The van der Waals surface area contributed by atoms with Crippen LogP contribution in [0.1, 0.15) is 19.3 Å². The Kier molecular flexibility index (Phi) is 4.28. The lowest BCUT2D eigenvalue weighted by Crippen LogP contribution is -2.38. The number of hydrogen-bond donors (Lipinski definition) is 2. The number of carbonyl (C=O) groups is 2. The van der Waals surface area contributed by atoms with Gasteiger partial charge >= 0.3 is 5.97 Å². The number of ether oxygens (including phenoxy) is 1. The molecule has 0 aromatic heterocycles. The molecule has 0 aromatic rings. The van der Waals surface area contributed by atoms with Crippen LogP contribution in [0.4, 0.5) is 0 Å². The molecule has 2 aliphatic heterocycles. The standard InChI is InChI=1S/C11H17NO4S/c13-10(12-5-7-3-4-17-6-7)8-1-2-9(16-8)11(14)15/h7-9H,1-6H2,(H,12,13)(H,14,15). The summed E-state index contributed by atoms with van der Waals surface area (Å²) in [4.78, 5) is 22.4. The molecule has 3 unspecified atom stereocenters. The fraction of sp³-hybridized carbons (Fsp3) is 0.818. The number of amides is 1. The third-order valence-electron chi connectivity index (χ3n) is 3.18. The van der Waals surface area contributed by atoms with Crippen molar-refractivity contribution < 1.29 is 19.4 Å². The summed E-state index contributed by atoms with van der Waals surface area (Å²) in [6.45, 7) is 0.684. The summed E-state index contributed by atoms with van der Waals surface area (Å²) in [5, 5.41) is 11.6. The van der Waals surface area contributed by atoms with Gasteiger partial charge in [0.15, 0.2) is 6.10 Å². The maximum absolute atomic E-state index is 11.7. The van der Waals surface area contributed by atoms with Crippen LogP contribution in [-0.2, 0) is 14.3 Å². The Hall–Kier alpha value is -0.750. The van der Waals surface area contributed by atoms with E-state index in [1.807, 2.05) is 11.8 Å². The number of hydrogen-bond acceptors (Lipinski definition) is 4. The molecule has 2 rings (SSSR count). The SMILES string of the molecule is O=C(O)C1CCC(C(=O)NCC2CCSC2)O1. The van der Waals surface area contributed by atoms with E-state index in [9.17, 15) is 9.59 Å². The predicted molar refractivity (Wildman–Crippen MR) is 64.0 cm³/mol. The van der Waals surface area contributed by atoms with E-state index in [1.165, 1.54) is 5.75 Å². The second-order valence-electron chi connectivity index (χ2n) is 4.50. The summed E-state index contributed by atoms with van der Waals surface area (Å²) in [6.07, 6.45) is 0.682. The molecule has 6 heteroatoms. The van der Waals surface area contributed by atoms with E-state index in [0.29, 0.717) is 25.3 Å². The average Bonchev–Trinajstić information content (AvgIpc) is 2.96. The summed E-state index contributed by atoms with van der Waals surface area (Å²) in [6, 6.07) is 0. The fourth-order valence-corrected chi connectivity index (χ4v) is 3.40. The van der Waals surface area contributed by atoms with E-state index >= 15 is 0 Å². The number of carboxylic acid groups (broad SMARTS) is 1. The molecular formula is C11H17NO4S. The highest BCUT2D eigenvalue weighted by molar-refractivity contribution is 7.99. The molecule has 2 fully saturated rings. The molecule has 0 saturated carbocycles. The van der Waals surface area contributed by atoms with Crippen LogP contribution < -0.4 is 5.32 Å². The molecule has 2 N–H and O–H groups in total. The van der Waals surface area contributed by atoms with E-state index in [1.54, 1.807) is 0 Å². The van der Waals surface area contributed by atoms with Crippen molar-refractivity contribution in [2.24, 2.45) is 5.92 Å². The van der Waals surface area contributed by atoms with Gasteiger partial charge < -0.3 is 15.2 Å². The van der Waals surface area contributed by atoms with Gasteiger partial charge in [-0.3, -0.25) is 4.79 Å². The molecule has 5 nitrogen and oxygen atoms in total. The van der Waals surface area contributed by atoms with Crippen molar-refractivity contribution in [1.82, 2.24) is 5.32 Å². The minimum absolute atomic E-state index is 0.161. The molecule has 1 amide bonds. The fourth-order valence-electron chi connectivity index (χ4n) is 2.11. The zero-order valence-electron chi connectivity index (χ0n) is 9.55. The second-order valence-corrected chi connectivity index (χ2v) is 5.65. The van der Waals surface area contributed by atoms with E-state index in [0.717, 1.165) is 12.2 Å². The molecule has 2 aliphatic rings. The maximum Gasteiger partial charge on any atom is 0.332 e. The number of carboxylic acids is 1. The van der Waals surface area contributed by atoms with Crippen LogP contribution in [0.3, 0.4) is 0 Å². The molecule has 96 valence electrons. The van der Waals surface area contributed by atoms with Crippen LogP contribution in [0.25, 0.3) is 0 Å². The van der Waals surface area contributed by atoms with Gasteiger partial charge in [0.05, 0.1) is 0 Å². The van der Waals surface area contributed by atoms with Crippen molar-refractivity contribution in [2.45, 2.75) is 31.5 Å². The third-order valence-corrected chi connectivity index (χ3v) is 4.41. The van der Waals surface area contributed by atoms with E-state index in [2.05, 4.69) is 5.32 Å². The molecule has 0 aromatic carbocycles. The lowest BCUT2D eigenvalue weighted by molar-refractivity contribution is -0.151. The summed E-state index contributed by atoms with van der Waals surface area (Å²) in [7, 11) is 0. The van der Waals surface area contributed by atoms with Crippen molar-refractivity contribution in [2.75, 3.05) is 18.1 Å². The molecule has 0 bridgehead atoms. The van der Waals surface area contributed by atoms with Crippen LogP contribution >= 0.6 is 11.8 Å². The highest BCUT2D eigenvalue weighted by Crippen LogP contribution is 2.23. The largest absolute Gasteiger partial charge is 0.479 e. The molecular weight excluding hydrogens is 242 g/mol. The highest BCUT2D eigenvalue weighted by Gasteiger charge is 2.34. The second kappa shape index (κ2) is 5.73. The van der Waals surface area contributed by atoms with Gasteiger partial charge in [0, 0.05) is 6.54 Å². The van der Waals surface area contributed by atoms with Crippen LogP contribution in [0.5, 0.6) is 0 Å². The first-order valence-corrected chi connectivity index (χ1v) is 7.06. The van der Waals surface area contributed by atoms with Crippen LogP contribution in [-0.4, -0.2) is 47.2 Å². The maximum atomic E-state index is 11.7. The van der Waals surface area contributed by atoms with Gasteiger partial charge in [0.25, 0.3) is 0 Å².